The Morgan fingerprint density at radius 1 is 1.44 bits per heavy atom. The van der Waals surface area contributed by atoms with E-state index in [2.05, 4.69) is 5.32 Å². The number of esters is 1. The molecule has 1 aromatic rings. The fourth-order valence-corrected chi connectivity index (χ4v) is 1.82. The van der Waals surface area contributed by atoms with E-state index in [1.165, 1.54) is 13.2 Å². The van der Waals surface area contributed by atoms with E-state index in [9.17, 15) is 9.18 Å². The first-order chi connectivity index (χ1) is 8.27. The molecule has 0 bridgehead atoms. The lowest BCUT2D eigenvalue weighted by molar-refractivity contribution is -0.147. The third kappa shape index (κ3) is 3.29. The molecule has 0 saturated carbocycles. The van der Waals surface area contributed by atoms with Crippen LogP contribution < -0.4 is 5.32 Å². The van der Waals surface area contributed by atoms with Gasteiger partial charge in [0.25, 0.3) is 0 Å². The molecule has 18 heavy (non-hydrogen) atoms. The van der Waals surface area contributed by atoms with Gasteiger partial charge >= 0.3 is 5.97 Å². The first kappa shape index (κ1) is 14.6. The van der Waals surface area contributed by atoms with Crippen molar-refractivity contribution in [3.8, 4) is 0 Å². The van der Waals surface area contributed by atoms with Gasteiger partial charge in [0.2, 0.25) is 0 Å². The van der Waals surface area contributed by atoms with E-state index in [1.54, 1.807) is 26.8 Å². The second kappa shape index (κ2) is 5.48. The summed E-state index contributed by atoms with van der Waals surface area (Å²) in [6.07, 6.45) is 0. The van der Waals surface area contributed by atoms with Gasteiger partial charge in [-0.2, -0.15) is 0 Å². The lowest BCUT2D eigenvalue weighted by atomic mass is 10.0. The molecular formula is C14H20FNO2. The molecule has 1 rings (SSSR count). The van der Waals surface area contributed by atoms with E-state index in [-0.39, 0.29) is 17.8 Å². The van der Waals surface area contributed by atoms with Crippen LogP contribution in [0.25, 0.3) is 0 Å². The number of hydrogen-bond donors (Lipinski definition) is 1. The predicted octanol–water partition coefficient (Wildman–Crippen LogP) is 2.74. The zero-order valence-electron chi connectivity index (χ0n) is 11.5. The normalized spacial score (nSPS) is 13.2. The highest BCUT2D eigenvalue weighted by molar-refractivity contribution is 5.79. The summed E-state index contributed by atoms with van der Waals surface area (Å²) in [5.74, 6) is -0.584. The molecule has 1 unspecified atom stereocenters. The number of nitrogens with one attached hydrogen (secondary N) is 1. The van der Waals surface area contributed by atoms with Crippen molar-refractivity contribution in [2.75, 3.05) is 7.11 Å². The minimum atomic E-state index is -0.810. The molecule has 0 heterocycles. The first-order valence-corrected chi connectivity index (χ1v) is 5.90. The molecule has 0 aromatic heterocycles. The van der Waals surface area contributed by atoms with Crippen LogP contribution >= 0.6 is 0 Å². The average Bonchev–Trinajstić information content (AvgIpc) is 2.30. The molecule has 1 N–H and O–H groups in total. The fourth-order valence-electron chi connectivity index (χ4n) is 1.82. The zero-order chi connectivity index (χ0) is 13.9. The molecule has 0 aliphatic rings. The van der Waals surface area contributed by atoms with Gasteiger partial charge in [0.1, 0.15) is 11.4 Å². The second-order valence-corrected chi connectivity index (χ2v) is 4.99. The van der Waals surface area contributed by atoms with E-state index in [0.717, 1.165) is 5.56 Å². The molecule has 1 atom stereocenters. The van der Waals surface area contributed by atoms with Crippen molar-refractivity contribution >= 4 is 5.97 Å². The number of benzene rings is 1. The van der Waals surface area contributed by atoms with E-state index < -0.39 is 5.54 Å². The molecule has 0 saturated heterocycles. The molecule has 0 aliphatic carbocycles. The third-order valence-corrected chi connectivity index (χ3v) is 2.97. The number of ether oxygens (including phenoxy) is 1. The maximum absolute atomic E-state index is 13.5. The minimum absolute atomic E-state index is 0.144. The quantitative estimate of drug-likeness (QED) is 0.838. The molecule has 100 valence electrons. The molecule has 4 heteroatoms. The standard InChI is InChI=1S/C14H20FNO2/c1-9-6-7-11(8-12(9)15)10(2)16-14(3,4)13(17)18-5/h6-8,10,16H,1-5H3. The van der Waals surface area contributed by atoms with Crippen LogP contribution in [0.3, 0.4) is 0 Å². The van der Waals surface area contributed by atoms with E-state index in [4.69, 9.17) is 4.74 Å². The molecule has 0 fully saturated rings. The van der Waals surface area contributed by atoms with Gasteiger partial charge in [-0.25, -0.2) is 4.39 Å². The third-order valence-electron chi connectivity index (χ3n) is 2.97. The Kier molecular flexibility index (Phi) is 4.46. The number of aryl methyl sites for hydroxylation is 1. The average molecular weight is 253 g/mol. The van der Waals surface area contributed by atoms with Crippen molar-refractivity contribution in [2.45, 2.75) is 39.3 Å². The lowest BCUT2D eigenvalue weighted by Gasteiger charge is -2.27. The van der Waals surface area contributed by atoms with Crippen LogP contribution in [0, 0.1) is 12.7 Å². The second-order valence-electron chi connectivity index (χ2n) is 4.99. The van der Waals surface area contributed by atoms with Crippen LogP contribution in [0.1, 0.15) is 37.9 Å². The summed E-state index contributed by atoms with van der Waals surface area (Å²) in [5.41, 5.74) is 0.600. The van der Waals surface area contributed by atoms with Crippen molar-refractivity contribution in [3.05, 3.63) is 35.1 Å². The summed E-state index contributed by atoms with van der Waals surface area (Å²) in [6, 6.07) is 4.92. The molecule has 0 spiro atoms. The summed E-state index contributed by atoms with van der Waals surface area (Å²) < 4.78 is 18.2. The zero-order valence-corrected chi connectivity index (χ0v) is 11.5. The summed E-state index contributed by atoms with van der Waals surface area (Å²) in [7, 11) is 1.35. The Balaban J connectivity index is 2.85. The maximum Gasteiger partial charge on any atom is 0.325 e. The van der Waals surface area contributed by atoms with Crippen LogP contribution in [-0.4, -0.2) is 18.6 Å². The van der Waals surface area contributed by atoms with Gasteiger partial charge in [-0.3, -0.25) is 10.1 Å². The number of hydrogen-bond acceptors (Lipinski definition) is 3. The van der Waals surface area contributed by atoms with Crippen molar-refractivity contribution in [2.24, 2.45) is 0 Å². The van der Waals surface area contributed by atoms with Gasteiger partial charge in [-0.1, -0.05) is 12.1 Å². The largest absolute Gasteiger partial charge is 0.468 e. The first-order valence-electron chi connectivity index (χ1n) is 5.90. The van der Waals surface area contributed by atoms with E-state index >= 15 is 0 Å². The summed E-state index contributed by atoms with van der Waals surface area (Å²) in [4.78, 5) is 11.6. The summed E-state index contributed by atoms with van der Waals surface area (Å²) in [6.45, 7) is 7.07. The van der Waals surface area contributed by atoms with Crippen LogP contribution in [0.5, 0.6) is 0 Å². The Labute approximate surface area is 107 Å². The summed E-state index contributed by atoms with van der Waals surface area (Å²) in [5, 5.41) is 3.13. The monoisotopic (exact) mass is 253 g/mol. The fraction of sp³-hybridized carbons (Fsp3) is 0.500. The summed E-state index contributed by atoms with van der Waals surface area (Å²) >= 11 is 0. The van der Waals surface area contributed by atoms with Gasteiger partial charge in [-0.05, 0) is 44.9 Å². The van der Waals surface area contributed by atoms with Crippen LogP contribution in [0.4, 0.5) is 4.39 Å². The Morgan fingerprint density at radius 2 is 2.06 bits per heavy atom. The topological polar surface area (TPSA) is 38.3 Å². The number of halogens is 1. The van der Waals surface area contributed by atoms with Crippen molar-refractivity contribution < 1.29 is 13.9 Å². The Bertz CT molecular complexity index is 443. The molecule has 1 aromatic carbocycles. The van der Waals surface area contributed by atoms with E-state index in [1.807, 2.05) is 13.0 Å². The predicted molar refractivity (Wildman–Crippen MR) is 68.8 cm³/mol. The Hall–Kier alpha value is -1.42. The van der Waals surface area contributed by atoms with Crippen molar-refractivity contribution in [3.63, 3.8) is 0 Å². The molecule has 0 aliphatic heterocycles. The molecule has 0 amide bonds. The number of rotatable bonds is 4. The van der Waals surface area contributed by atoms with Crippen molar-refractivity contribution in [1.82, 2.24) is 5.32 Å². The van der Waals surface area contributed by atoms with Crippen molar-refractivity contribution in [1.29, 1.82) is 0 Å². The van der Waals surface area contributed by atoms with Crippen LogP contribution in [0.15, 0.2) is 18.2 Å². The van der Waals surface area contributed by atoms with Gasteiger partial charge in [-0.15, -0.1) is 0 Å². The van der Waals surface area contributed by atoms with Gasteiger partial charge < -0.3 is 4.74 Å². The van der Waals surface area contributed by atoms with Gasteiger partial charge in [0.05, 0.1) is 7.11 Å². The smallest absolute Gasteiger partial charge is 0.325 e. The highest BCUT2D eigenvalue weighted by atomic mass is 19.1. The number of methoxy groups -OCH3 is 1. The maximum atomic E-state index is 13.5. The Morgan fingerprint density at radius 3 is 2.56 bits per heavy atom. The molecular weight excluding hydrogens is 233 g/mol. The SMILES string of the molecule is COC(=O)C(C)(C)NC(C)c1ccc(C)c(F)c1. The number of carbonyl (C=O) groups is 1. The van der Waals surface area contributed by atoms with Crippen LogP contribution in [0.2, 0.25) is 0 Å². The molecule has 0 radical (unpaired) electrons. The number of carbonyl (C=O) groups excluding carboxylic acids is 1. The van der Waals surface area contributed by atoms with Crippen LogP contribution in [-0.2, 0) is 9.53 Å². The minimum Gasteiger partial charge on any atom is -0.468 e. The lowest BCUT2D eigenvalue weighted by Crippen LogP contribution is -2.48. The van der Waals surface area contributed by atoms with Gasteiger partial charge in [0, 0.05) is 6.04 Å². The highest BCUT2D eigenvalue weighted by Gasteiger charge is 2.30. The molecule has 3 nitrogen and oxygen atoms in total. The highest BCUT2D eigenvalue weighted by Crippen LogP contribution is 2.19. The van der Waals surface area contributed by atoms with Gasteiger partial charge in [0.15, 0.2) is 0 Å². The van der Waals surface area contributed by atoms with E-state index in [0.29, 0.717) is 5.56 Å².